The Kier molecular flexibility index (Phi) is 2.87. The first kappa shape index (κ1) is 11.0. The van der Waals surface area contributed by atoms with E-state index in [0.717, 1.165) is 15.9 Å². The van der Waals surface area contributed by atoms with E-state index in [2.05, 4.69) is 26.2 Å². The van der Waals surface area contributed by atoms with Crippen molar-refractivity contribution in [1.82, 2.24) is 15.0 Å². The number of ketones is 1. The SMILES string of the molecule is CC(=O)c1nnn(-c2ccccc2Br)c1C. The molecule has 0 amide bonds. The molecular formula is C11H10BrN3O. The second-order valence-electron chi connectivity index (χ2n) is 3.44. The van der Waals surface area contributed by atoms with Crippen LogP contribution in [0, 0.1) is 6.92 Å². The number of carbonyl (C=O) groups excluding carboxylic acids is 1. The Hall–Kier alpha value is -1.49. The van der Waals surface area contributed by atoms with Crippen molar-refractivity contribution >= 4 is 21.7 Å². The molecule has 2 rings (SSSR count). The van der Waals surface area contributed by atoms with Crippen molar-refractivity contribution in [1.29, 1.82) is 0 Å². The summed E-state index contributed by atoms with van der Waals surface area (Å²) in [6, 6.07) is 7.67. The van der Waals surface area contributed by atoms with Gasteiger partial charge >= 0.3 is 0 Å². The molecule has 5 heteroatoms. The van der Waals surface area contributed by atoms with E-state index in [-0.39, 0.29) is 5.78 Å². The summed E-state index contributed by atoms with van der Waals surface area (Å²) >= 11 is 3.44. The number of para-hydroxylation sites is 1. The van der Waals surface area contributed by atoms with Gasteiger partial charge in [-0.1, -0.05) is 17.3 Å². The van der Waals surface area contributed by atoms with E-state index in [9.17, 15) is 4.79 Å². The van der Waals surface area contributed by atoms with Crippen molar-refractivity contribution in [2.75, 3.05) is 0 Å². The molecule has 0 fully saturated rings. The summed E-state index contributed by atoms with van der Waals surface area (Å²) in [5, 5.41) is 7.86. The maximum atomic E-state index is 11.3. The van der Waals surface area contributed by atoms with E-state index in [4.69, 9.17) is 0 Å². The Morgan fingerprint density at radius 1 is 1.38 bits per heavy atom. The number of carbonyl (C=O) groups is 1. The van der Waals surface area contributed by atoms with Crippen molar-refractivity contribution in [3.05, 3.63) is 40.1 Å². The van der Waals surface area contributed by atoms with Crippen molar-refractivity contribution in [3.63, 3.8) is 0 Å². The number of hydrogen-bond donors (Lipinski definition) is 0. The summed E-state index contributed by atoms with van der Waals surface area (Å²) < 4.78 is 2.57. The summed E-state index contributed by atoms with van der Waals surface area (Å²) in [7, 11) is 0. The average molecular weight is 280 g/mol. The minimum Gasteiger partial charge on any atom is -0.293 e. The van der Waals surface area contributed by atoms with E-state index in [0.29, 0.717) is 5.69 Å². The fourth-order valence-electron chi connectivity index (χ4n) is 1.51. The van der Waals surface area contributed by atoms with Gasteiger partial charge < -0.3 is 0 Å². The second kappa shape index (κ2) is 4.17. The standard InChI is InChI=1S/C11H10BrN3O/c1-7-11(8(2)16)13-14-15(7)10-6-4-3-5-9(10)12/h3-6H,1-2H3. The fourth-order valence-corrected chi connectivity index (χ4v) is 1.96. The molecule has 0 saturated heterocycles. The first-order valence-corrected chi connectivity index (χ1v) is 5.58. The Balaban J connectivity index is 2.58. The zero-order valence-electron chi connectivity index (χ0n) is 8.94. The molecule has 1 heterocycles. The van der Waals surface area contributed by atoms with Crippen molar-refractivity contribution in [2.45, 2.75) is 13.8 Å². The molecule has 0 unspecified atom stereocenters. The summed E-state index contributed by atoms with van der Waals surface area (Å²) in [6.07, 6.45) is 0. The summed E-state index contributed by atoms with van der Waals surface area (Å²) in [4.78, 5) is 11.3. The van der Waals surface area contributed by atoms with E-state index in [1.165, 1.54) is 6.92 Å². The highest BCUT2D eigenvalue weighted by atomic mass is 79.9. The van der Waals surface area contributed by atoms with Gasteiger partial charge in [-0.15, -0.1) is 5.10 Å². The van der Waals surface area contributed by atoms with Crippen molar-refractivity contribution < 1.29 is 4.79 Å². The largest absolute Gasteiger partial charge is 0.293 e. The molecule has 2 aromatic rings. The summed E-state index contributed by atoms with van der Waals surface area (Å²) in [5.41, 5.74) is 2.04. The highest BCUT2D eigenvalue weighted by Gasteiger charge is 2.14. The predicted octanol–water partition coefficient (Wildman–Crippen LogP) is 2.54. The number of benzene rings is 1. The molecule has 1 aromatic carbocycles. The van der Waals surface area contributed by atoms with Crippen LogP contribution in [-0.2, 0) is 0 Å². The number of halogens is 1. The quantitative estimate of drug-likeness (QED) is 0.794. The Morgan fingerprint density at radius 2 is 2.06 bits per heavy atom. The Labute approximate surface area is 101 Å². The highest BCUT2D eigenvalue weighted by molar-refractivity contribution is 9.10. The van der Waals surface area contributed by atoms with Gasteiger partial charge in [-0.3, -0.25) is 4.79 Å². The molecule has 0 bridgehead atoms. The van der Waals surface area contributed by atoms with E-state index < -0.39 is 0 Å². The van der Waals surface area contributed by atoms with Gasteiger partial charge in [-0.25, -0.2) is 4.68 Å². The van der Waals surface area contributed by atoms with E-state index >= 15 is 0 Å². The first-order valence-electron chi connectivity index (χ1n) is 4.79. The number of hydrogen-bond acceptors (Lipinski definition) is 3. The molecule has 16 heavy (non-hydrogen) atoms. The van der Waals surface area contributed by atoms with Gasteiger partial charge in [0.2, 0.25) is 0 Å². The molecule has 4 nitrogen and oxygen atoms in total. The van der Waals surface area contributed by atoms with Gasteiger partial charge in [-0.05, 0) is 35.0 Å². The molecule has 0 aliphatic rings. The van der Waals surface area contributed by atoms with Crippen LogP contribution < -0.4 is 0 Å². The molecule has 0 saturated carbocycles. The van der Waals surface area contributed by atoms with E-state index in [1.807, 2.05) is 31.2 Å². The zero-order chi connectivity index (χ0) is 11.7. The zero-order valence-corrected chi connectivity index (χ0v) is 10.5. The molecule has 0 atom stereocenters. The maximum Gasteiger partial charge on any atom is 0.181 e. The van der Waals surface area contributed by atoms with Gasteiger partial charge in [0.05, 0.1) is 11.4 Å². The lowest BCUT2D eigenvalue weighted by Crippen LogP contribution is -2.01. The molecule has 0 aliphatic carbocycles. The third kappa shape index (κ3) is 1.78. The molecule has 0 N–H and O–H groups in total. The van der Waals surface area contributed by atoms with E-state index in [1.54, 1.807) is 4.68 Å². The lowest BCUT2D eigenvalue weighted by Gasteiger charge is -2.05. The molecule has 0 spiro atoms. The summed E-state index contributed by atoms with van der Waals surface area (Å²) in [6.45, 7) is 3.32. The number of rotatable bonds is 2. The van der Waals surface area contributed by atoms with Crippen molar-refractivity contribution in [2.24, 2.45) is 0 Å². The van der Waals surface area contributed by atoms with Gasteiger partial charge in [0.15, 0.2) is 11.5 Å². The van der Waals surface area contributed by atoms with Crippen LogP contribution in [0.5, 0.6) is 0 Å². The maximum absolute atomic E-state index is 11.3. The van der Waals surface area contributed by atoms with Crippen molar-refractivity contribution in [3.8, 4) is 5.69 Å². The van der Waals surface area contributed by atoms with Crippen LogP contribution in [0.3, 0.4) is 0 Å². The van der Waals surface area contributed by atoms with Crippen LogP contribution >= 0.6 is 15.9 Å². The molecule has 0 aliphatic heterocycles. The topological polar surface area (TPSA) is 47.8 Å². The van der Waals surface area contributed by atoms with Crippen LogP contribution in [0.4, 0.5) is 0 Å². The normalized spacial score (nSPS) is 10.4. The molecule has 1 aromatic heterocycles. The van der Waals surface area contributed by atoms with Crippen LogP contribution in [0.15, 0.2) is 28.7 Å². The van der Waals surface area contributed by atoms with Crippen LogP contribution in [-0.4, -0.2) is 20.8 Å². The molecule has 0 radical (unpaired) electrons. The van der Waals surface area contributed by atoms with Gasteiger partial charge in [0.25, 0.3) is 0 Å². The molecular weight excluding hydrogens is 270 g/mol. The summed E-state index contributed by atoms with van der Waals surface area (Å²) in [5.74, 6) is -0.0733. The second-order valence-corrected chi connectivity index (χ2v) is 4.30. The third-order valence-corrected chi connectivity index (χ3v) is 2.98. The van der Waals surface area contributed by atoms with Gasteiger partial charge in [-0.2, -0.15) is 0 Å². The number of aromatic nitrogens is 3. The van der Waals surface area contributed by atoms with Crippen LogP contribution in [0.1, 0.15) is 23.1 Å². The predicted molar refractivity (Wildman–Crippen MR) is 63.8 cm³/mol. The number of Topliss-reactive ketones (excluding diaryl/α,β-unsaturated/α-hetero) is 1. The number of nitrogens with zero attached hydrogens (tertiary/aromatic N) is 3. The third-order valence-electron chi connectivity index (χ3n) is 2.31. The lowest BCUT2D eigenvalue weighted by atomic mass is 10.2. The van der Waals surface area contributed by atoms with Crippen LogP contribution in [0.2, 0.25) is 0 Å². The van der Waals surface area contributed by atoms with Gasteiger partial charge in [0.1, 0.15) is 0 Å². The van der Waals surface area contributed by atoms with Crippen LogP contribution in [0.25, 0.3) is 5.69 Å². The smallest absolute Gasteiger partial charge is 0.181 e. The lowest BCUT2D eigenvalue weighted by molar-refractivity contribution is 0.101. The Bertz CT molecular complexity index is 548. The fraction of sp³-hybridized carbons (Fsp3) is 0.182. The average Bonchev–Trinajstić information content (AvgIpc) is 2.61. The highest BCUT2D eigenvalue weighted by Crippen LogP contribution is 2.21. The first-order chi connectivity index (χ1) is 7.61. The monoisotopic (exact) mass is 279 g/mol. The molecule has 82 valence electrons. The Morgan fingerprint density at radius 3 is 2.62 bits per heavy atom. The minimum absolute atomic E-state index is 0.0733. The van der Waals surface area contributed by atoms with Gasteiger partial charge in [0, 0.05) is 11.4 Å². The minimum atomic E-state index is -0.0733.